The second-order valence-electron chi connectivity index (χ2n) is 3.49. The first-order valence-corrected chi connectivity index (χ1v) is 5.14. The molecule has 0 amide bonds. The highest BCUT2D eigenvalue weighted by molar-refractivity contribution is 5.30. The molecule has 0 aromatic heterocycles. The smallest absolute Gasteiger partial charge is 0.167 e. The minimum Gasteiger partial charge on any atom is -0.490 e. The zero-order valence-corrected chi connectivity index (χ0v) is 9.46. The largest absolute Gasteiger partial charge is 0.490 e. The summed E-state index contributed by atoms with van der Waals surface area (Å²) >= 11 is 0. The van der Waals surface area contributed by atoms with Crippen LogP contribution in [0.1, 0.15) is 12.0 Å². The van der Waals surface area contributed by atoms with E-state index in [0.717, 1.165) is 0 Å². The van der Waals surface area contributed by atoms with Gasteiger partial charge in [0, 0.05) is 6.42 Å². The number of hydrogen-bond acceptors (Lipinski definition) is 3. The summed E-state index contributed by atoms with van der Waals surface area (Å²) < 4.78 is 18.8. The molecule has 86 valence electrons. The zero-order valence-electron chi connectivity index (χ0n) is 9.46. The molecule has 0 saturated carbocycles. The van der Waals surface area contributed by atoms with Crippen molar-refractivity contribution in [2.24, 2.45) is 0 Å². The Labute approximate surface area is 94.8 Å². The lowest BCUT2D eigenvalue weighted by molar-refractivity contribution is 0.286. The van der Waals surface area contributed by atoms with Crippen LogP contribution in [0.3, 0.4) is 0 Å². The van der Waals surface area contributed by atoms with E-state index in [9.17, 15) is 4.39 Å². The monoisotopic (exact) mass is 222 g/mol. The van der Waals surface area contributed by atoms with Gasteiger partial charge < -0.3 is 10.1 Å². The Kier molecular flexibility index (Phi) is 4.74. The minimum atomic E-state index is -0.333. The predicted molar refractivity (Wildman–Crippen MR) is 59.7 cm³/mol. The Bertz CT molecular complexity index is 387. The molecular formula is C12H15FN2O. The van der Waals surface area contributed by atoms with Crippen molar-refractivity contribution in [3.8, 4) is 11.8 Å². The van der Waals surface area contributed by atoms with Crippen molar-refractivity contribution in [2.75, 3.05) is 13.7 Å². The third kappa shape index (κ3) is 3.21. The topological polar surface area (TPSA) is 45.0 Å². The van der Waals surface area contributed by atoms with Crippen LogP contribution in [-0.4, -0.2) is 19.7 Å². The first-order chi connectivity index (χ1) is 7.69. The molecule has 1 aromatic rings. The maximum Gasteiger partial charge on any atom is 0.167 e. The lowest BCUT2D eigenvalue weighted by Crippen LogP contribution is -2.25. The van der Waals surface area contributed by atoms with Crippen LogP contribution in [0.5, 0.6) is 5.75 Å². The quantitative estimate of drug-likeness (QED) is 0.829. The first-order valence-electron chi connectivity index (χ1n) is 5.14. The molecule has 0 saturated heterocycles. The van der Waals surface area contributed by atoms with Crippen LogP contribution >= 0.6 is 0 Å². The van der Waals surface area contributed by atoms with E-state index >= 15 is 0 Å². The summed E-state index contributed by atoms with van der Waals surface area (Å²) in [5, 5.41) is 11.5. The van der Waals surface area contributed by atoms with Crippen LogP contribution in [-0.2, 0) is 0 Å². The standard InChI is InChI=1S/C12H15FN2O/c1-9-4-3-5-11(12(9)13)16-7-6-10(8-14)15-2/h3-5,10,15H,6-7H2,1-2H3. The Hall–Kier alpha value is -1.60. The van der Waals surface area contributed by atoms with Gasteiger partial charge in [-0.05, 0) is 25.6 Å². The summed E-state index contributed by atoms with van der Waals surface area (Å²) in [6.45, 7) is 2.01. The van der Waals surface area contributed by atoms with E-state index in [1.165, 1.54) is 0 Å². The van der Waals surface area contributed by atoms with Crippen LogP contribution in [0.2, 0.25) is 0 Å². The summed E-state index contributed by atoms with van der Waals surface area (Å²) in [5.41, 5.74) is 0.558. The van der Waals surface area contributed by atoms with E-state index < -0.39 is 0 Å². The summed E-state index contributed by atoms with van der Waals surface area (Å²) in [4.78, 5) is 0. The van der Waals surface area contributed by atoms with Gasteiger partial charge in [-0.3, -0.25) is 0 Å². The van der Waals surface area contributed by atoms with Crippen LogP contribution in [0.25, 0.3) is 0 Å². The molecule has 0 radical (unpaired) electrons. The molecule has 0 aliphatic rings. The fourth-order valence-corrected chi connectivity index (χ4v) is 1.29. The van der Waals surface area contributed by atoms with Crippen molar-refractivity contribution in [3.05, 3.63) is 29.6 Å². The number of benzene rings is 1. The number of rotatable bonds is 5. The number of hydrogen-bond donors (Lipinski definition) is 1. The van der Waals surface area contributed by atoms with Crippen LogP contribution in [0, 0.1) is 24.1 Å². The van der Waals surface area contributed by atoms with E-state index in [2.05, 4.69) is 11.4 Å². The summed E-state index contributed by atoms with van der Waals surface area (Å²) in [7, 11) is 1.71. The van der Waals surface area contributed by atoms with Crippen LogP contribution < -0.4 is 10.1 Å². The molecule has 0 aliphatic carbocycles. The Morgan fingerprint density at radius 3 is 2.94 bits per heavy atom. The molecule has 0 fully saturated rings. The molecule has 4 heteroatoms. The normalized spacial score (nSPS) is 11.9. The highest BCUT2D eigenvalue weighted by Crippen LogP contribution is 2.19. The van der Waals surface area contributed by atoms with Gasteiger partial charge in [0.15, 0.2) is 11.6 Å². The van der Waals surface area contributed by atoms with Crippen LogP contribution in [0.15, 0.2) is 18.2 Å². The van der Waals surface area contributed by atoms with Crippen molar-refractivity contribution < 1.29 is 9.13 Å². The summed E-state index contributed by atoms with van der Waals surface area (Å²) in [5.74, 6) is -0.0896. The molecule has 0 aliphatic heterocycles. The van der Waals surface area contributed by atoms with Gasteiger partial charge >= 0.3 is 0 Å². The SMILES string of the molecule is CNC(C#N)CCOc1cccc(C)c1F. The molecule has 1 rings (SSSR count). The molecule has 0 heterocycles. The number of nitriles is 1. The molecule has 16 heavy (non-hydrogen) atoms. The number of nitrogens with zero attached hydrogens (tertiary/aromatic N) is 1. The zero-order chi connectivity index (χ0) is 12.0. The van der Waals surface area contributed by atoms with E-state index in [-0.39, 0.29) is 17.6 Å². The van der Waals surface area contributed by atoms with Crippen molar-refractivity contribution in [1.82, 2.24) is 5.32 Å². The predicted octanol–water partition coefficient (Wildman–Crippen LogP) is 2.01. The van der Waals surface area contributed by atoms with E-state index in [1.807, 2.05) is 0 Å². The Morgan fingerprint density at radius 1 is 1.56 bits per heavy atom. The molecule has 3 nitrogen and oxygen atoms in total. The molecule has 0 spiro atoms. The fraction of sp³-hybridized carbons (Fsp3) is 0.417. The maximum absolute atomic E-state index is 13.5. The first kappa shape index (κ1) is 12.5. The van der Waals surface area contributed by atoms with Gasteiger partial charge in [0.1, 0.15) is 0 Å². The Balaban J connectivity index is 2.50. The van der Waals surface area contributed by atoms with Gasteiger partial charge in [-0.2, -0.15) is 5.26 Å². The van der Waals surface area contributed by atoms with Gasteiger partial charge in [-0.25, -0.2) is 4.39 Å². The molecule has 1 aromatic carbocycles. The van der Waals surface area contributed by atoms with Gasteiger partial charge in [-0.1, -0.05) is 12.1 Å². The highest BCUT2D eigenvalue weighted by atomic mass is 19.1. The average Bonchev–Trinajstić information content (AvgIpc) is 2.30. The van der Waals surface area contributed by atoms with Crippen molar-refractivity contribution in [1.29, 1.82) is 5.26 Å². The van der Waals surface area contributed by atoms with Crippen LogP contribution in [0.4, 0.5) is 4.39 Å². The highest BCUT2D eigenvalue weighted by Gasteiger charge is 2.07. The molecule has 1 N–H and O–H groups in total. The fourth-order valence-electron chi connectivity index (χ4n) is 1.29. The number of aryl methyl sites for hydroxylation is 1. The molecule has 1 atom stereocenters. The third-order valence-corrected chi connectivity index (χ3v) is 2.32. The van der Waals surface area contributed by atoms with E-state index in [1.54, 1.807) is 32.2 Å². The number of nitrogens with one attached hydrogen (secondary N) is 1. The van der Waals surface area contributed by atoms with E-state index in [4.69, 9.17) is 10.00 Å². The molecule has 0 bridgehead atoms. The summed E-state index contributed by atoms with van der Waals surface area (Å²) in [6.07, 6.45) is 0.528. The van der Waals surface area contributed by atoms with Gasteiger partial charge in [0.25, 0.3) is 0 Å². The Morgan fingerprint density at radius 2 is 2.31 bits per heavy atom. The average molecular weight is 222 g/mol. The van der Waals surface area contributed by atoms with Crippen molar-refractivity contribution in [2.45, 2.75) is 19.4 Å². The molecule has 1 unspecified atom stereocenters. The van der Waals surface area contributed by atoms with Gasteiger partial charge in [-0.15, -0.1) is 0 Å². The third-order valence-electron chi connectivity index (χ3n) is 2.32. The van der Waals surface area contributed by atoms with Gasteiger partial charge in [0.2, 0.25) is 0 Å². The second-order valence-corrected chi connectivity index (χ2v) is 3.49. The van der Waals surface area contributed by atoms with Crippen molar-refractivity contribution in [3.63, 3.8) is 0 Å². The lowest BCUT2D eigenvalue weighted by Gasteiger charge is -2.10. The number of ether oxygens (including phenoxy) is 1. The molecular weight excluding hydrogens is 207 g/mol. The van der Waals surface area contributed by atoms with Gasteiger partial charge in [0.05, 0.1) is 18.7 Å². The maximum atomic E-state index is 13.5. The lowest BCUT2D eigenvalue weighted by atomic mass is 10.2. The van der Waals surface area contributed by atoms with Crippen molar-refractivity contribution >= 4 is 0 Å². The number of halogens is 1. The minimum absolute atomic E-state index is 0.243. The summed E-state index contributed by atoms with van der Waals surface area (Å²) in [6, 6.07) is 6.84. The second kappa shape index (κ2) is 6.09. The van der Waals surface area contributed by atoms with E-state index in [0.29, 0.717) is 18.6 Å².